The summed E-state index contributed by atoms with van der Waals surface area (Å²) >= 11 is 0. The Morgan fingerprint density at radius 1 is 0.700 bits per heavy atom. The summed E-state index contributed by atoms with van der Waals surface area (Å²) in [5.41, 5.74) is 0. The van der Waals surface area contributed by atoms with Gasteiger partial charge >= 0.3 is 0 Å². The van der Waals surface area contributed by atoms with Gasteiger partial charge in [-0.1, -0.05) is 40.5 Å². The summed E-state index contributed by atoms with van der Waals surface area (Å²) in [4.78, 5) is 0. The zero-order valence-corrected chi connectivity index (χ0v) is 7.72. The molecule has 0 heterocycles. The molecule has 0 aromatic carbocycles. The van der Waals surface area contributed by atoms with Crippen LogP contribution in [0.3, 0.4) is 0 Å². The molecule has 0 heteroatoms. The molecule has 0 saturated heterocycles. The van der Waals surface area contributed by atoms with Crippen molar-refractivity contribution in [2.45, 2.75) is 40.5 Å². The molecule has 3 unspecified atom stereocenters. The van der Waals surface area contributed by atoms with Crippen LogP contribution in [0.1, 0.15) is 40.5 Å². The summed E-state index contributed by atoms with van der Waals surface area (Å²) in [7, 11) is 0. The number of hydrogen-bond acceptors (Lipinski definition) is 0. The summed E-state index contributed by atoms with van der Waals surface area (Å²) in [5, 5.41) is 0. The minimum Gasteiger partial charge on any atom is -0.0622 e. The van der Waals surface area contributed by atoms with Gasteiger partial charge in [0.1, 0.15) is 0 Å². The molecule has 0 bridgehead atoms. The molecule has 4 atom stereocenters. The molecule has 1 saturated carbocycles. The van der Waals surface area contributed by atoms with Crippen molar-refractivity contribution in [3.05, 3.63) is 0 Å². The second-order valence-electron chi connectivity index (χ2n) is 4.25. The second kappa shape index (κ2) is 2.94. The molecule has 1 aliphatic carbocycles. The molecule has 1 aliphatic rings. The van der Waals surface area contributed by atoms with Crippen LogP contribution in [0, 0.1) is 23.7 Å². The molecule has 60 valence electrons. The van der Waals surface area contributed by atoms with Crippen LogP contribution in [0.25, 0.3) is 0 Å². The van der Waals surface area contributed by atoms with Crippen LogP contribution >= 0.6 is 0 Å². The predicted molar refractivity (Wildman–Crippen MR) is 45.9 cm³/mol. The van der Waals surface area contributed by atoms with Gasteiger partial charge in [-0.05, 0) is 23.7 Å². The predicted octanol–water partition coefficient (Wildman–Crippen LogP) is 3.32. The molecular weight excluding hydrogens is 120 g/mol. The lowest BCUT2D eigenvalue weighted by Gasteiger charge is -2.36. The van der Waals surface area contributed by atoms with E-state index in [0.29, 0.717) is 0 Å². The molecule has 0 amide bonds. The zero-order chi connectivity index (χ0) is 7.72. The van der Waals surface area contributed by atoms with Gasteiger partial charge < -0.3 is 0 Å². The molecule has 1 fully saturated rings. The average molecular weight is 140 g/mol. The second-order valence-corrected chi connectivity index (χ2v) is 4.25. The highest BCUT2D eigenvalue weighted by molar-refractivity contribution is 4.78. The molecule has 0 N–H and O–H groups in total. The van der Waals surface area contributed by atoms with Gasteiger partial charge in [-0.25, -0.2) is 0 Å². The minimum atomic E-state index is 0.948. The van der Waals surface area contributed by atoms with Gasteiger partial charge in [-0.2, -0.15) is 0 Å². The Kier molecular flexibility index (Phi) is 2.38. The Balaban J connectivity index is 2.52. The van der Waals surface area contributed by atoms with Gasteiger partial charge in [0.2, 0.25) is 0 Å². The van der Waals surface area contributed by atoms with Gasteiger partial charge in [0.15, 0.2) is 0 Å². The Morgan fingerprint density at radius 2 is 1.00 bits per heavy atom. The van der Waals surface area contributed by atoms with Gasteiger partial charge in [0.05, 0.1) is 0 Å². The first-order chi connectivity index (χ1) is 4.63. The van der Waals surface area contributed by atoms with Crippen molar-refractivity contribution in [3.8, 4) is 0 Å². The maximum Gasteiger partial charge on any atom is -0.0389 e. The van der Waals surface area contributed by atoms with E-state index in [0.717, 1.165) is 23.7 Å². The first-order valence-electron chi connectivity index (χ1n) is 4.63. The average Bonchev–Trinajstić information content (AvgIpc) is 1.93. The van der Waals surface area contributed by atoms with E-state index in [9.17, 15) is 0 Å². The normalized spacial score (nSPS) is 49.2. The third-order valence-corrected chi connectivity index (χ3v) is 3.70. The molecule has 0 aromatic rings. The van der Waals surface area contributed by atoms with Crippen molar-refractivity contribution < 1.29 is 0 Å². The molecule has 0 spiro atoms. The summed E-state index contributed by atoms with van der Waals surface area (Å²) in [6, 6.07) is 0. The minimum absolute atomic E-state index is 0.948. The first kappa shape index (κ1) is 8.10. The Labute approximate surface area is 65.0 Å². The van der Waals surface area contributed by atoms with Crippen molar-refractivity contribution in [2.24, 2.45) is 23.7 Å². The topological polar surface area (TPSA) is 0 Å². The van der Waals surface area contributed by atoms with E-state index < -0.39 is 0 Å². The third kappa shape index (κ3) is 1.36. The van der Waals surface area contributed by atoms with Crippen molar-refractivity contribution in [1.82, 2.24) is 0 Å². The largest absolute Gasteiger partial charge is 0.0622 e. The smallest absolute Gasteiger partial charge is 0.0389 e. The summed E-state index contributed by atoms with van der Waals surface area (Å²) in [6.45, 7) is 9.61. The molecular formula is C10H20. The van der Waals surface area contributed by atoms with Crippen LogP contribution in [0.15, 0.2) is 0 Å². The monoisotopic (exact) mass is 140 g/mol. The SMILES string of the molecule is CC1CCC(C)[C@H](C)C1C. The summed E-state index contributed by atoms with van der Waals surface area (Å²) in [6.07, 6.45) is 2.90. The molecule has 0 aliphatic heterocycles. The maximum absolute atomic E-state index is 2.41. The van der Waals surface area contributed by atoms with Crippen LogP contribution in [0.4, 0.5) is 0 Å². The Hall–Kier alpha value is 0. The van der Waals surface area contributed by atoms with E-state index in [1.807, 2.05) is 0 Å². The fraction of sp³-hybridized carbons (Fsp3) is 1.00. The van der Waals surface area contributed by atoms with Crippen LogP contribution in [-0.4, -0.2) is 0 Å². The van der Waals surface area contributed by atoms with E-state index in [2.05, 4.69) is 27.7 Å². The highest BCUT2D eigenvalue weighted by Gasteiger charge is 2.28. The lowest BCUT2D eigenvalue weighted by molar-refractivity contribution is 0.137. The van der Waals surface area contributed by atoms with E-state index in [4.69, 9.17) is 0 Å². The van der Waals surface area contributed by atoms with E-state index in [1.165, 1.54) is 12.8 Å². The van der Waals surface area contributed by atoms with E-state index in [1.54, 1.807) is 0 Å². The van der Waals surface area contributed by atoms with Crippen LogP contribution in [0.2, 0.25) is 0 Å². The van der Waals surface area contributed by atoms with Gasteiger partial charge in [-0.3, -0.25) is 0 Å². The van der Waals surface area contributed by atoms with Crippen molar-refractivity contribution in [1.29, 1.82) is 0 Å². The molecule has 0 radical (unpaired) electrons. The fourth-order valence-electron chi connectivity index (χ4n) is 2.09. The Morgan fingerprint density at radius 3 is 1.30 bits per heavy atom. The van der Waals surface area contributed by atoms with Crippen LogP contribution < -0.4 is 0 Å². The van der Waals surface area contributed by atoms with Crippen molar-refractivity contribution in [2.75, 3.05) is 0 Å². The molecule has 0 nitrogen and oxygen atoms in total. The first-order valence-corrected chi connectivity index (χ1v) is 4.63. The highest BCUT2D eigenvalue weighted by atomic mass is 14.3. The number of rotatable bonds is 0. The Bertz CT molecular complexity index is 92.6. The van der Waals surface area contributed by atoms with Crippen molar-refractivity contribution in [3.63, 3.8) is 0 Å². The molecule has 1 rings (SSSR count). The maximum atomic E-state index is 2.41. The van der Waals surface area contributed by atoms with Crippen molar-refractivity contribution >= 4 is 0 Å². The lowest BCUT2D eigenvalue weighted by Crippen LogP contribution is -2.27. The van der Waals surface area contributed by atoms with Gasteiger partial charge in [0.25, 0.3) is 0 Å². The van der Waals surface area contributed by atoms with E-state index >= 15 is 0 Å². The van der Waals surface area contributed by atoms with Gasteiger partial charge in [-0.15, -0.1) is 0 Å². The summed E-state index contributed by atoms with van der Waals surface area (Å²) in [5.74, 6) is 3.82. The van der Waals surface area contributed by atoms with Crippen LogP contribution in [-0.2, 0) is 0 Å². The highest BCUT2D eigenvalue weighted by Crippen LogP contribution is 2.37. The van der Waals surface area contributed by atoms with E-state index in [-0.39, 0.29) is 0 Å². The standard InChI is InChI=1S/C10H20/c1-7-5-6-8(2)10(4)9(7)3/h7-10H,5-6H2,1-4H3/t7?,8?,9-,10?/m0/s1. The number of hydrogen-bond donors (Lipinski definition) is 0. The van der Waals surface area contributed by atoms with Gasteiger partial charge in [0, 0.05) is 0 Å². The third-order valence-electron chi connectivity index (χ3n) is 3.70. The lowest BCUT2D eigenvalue weighted by atomic mass is 9.69. The molecule has 0 aromatic heterocycles. The summed E-state index contributed by atoms with van der Waals surface area (Å²) < 4.78 is 0. The molecule has 10 heavy (non-hydrogen) atoms. The quantitative estimate of drug-likeness (QED) is 0.484. The zero-order valence-electron chi connectivity index (χ0n) is 7.72. The van der Waals surface area contributed by atoms with Crippen LogP contribution in [0.5, 0.6) is 0 Å². The fourth-order valence-corrected chi connectivity index (χ4v) is 2.09.